The number of anilines is 1. The molecule has 2 fully saturated rings. The molecule has 5 rings (SSSR count). The maximum absolute atomic E-state index is 6.37. The molecule has 0 bridgehead atoms. The molecule has 3 aromatic heterocycles. The fourth-order valence-corrected chi connectivity index (χ4v) is 6.01. The molecule has 0 unspecified atom stereocenters. The monoisotopic (exact) mass is 578 g/mol. The minimum absolute atomic E-state index is 0.387. The number of nitrogens with zero attached hydrogens (tertiary/aromatic N) is 6. The molecule has 9 nitrogen and oxygen atoms in total. The van der Waals surface area contributed by atoms with Gasteiger partial charge in [-0.3, -0.25) is 4.57 Å². The predicted molar refractivity (Wildman–Crippen MR) is 170 cm³/mol. The normalized spacial score (nSPS) is 19.5. The van der Waals surface area contributed by atoms with Crippen molar-refractivity contribution in [3.63, 3.8) is 0 Å². The summed E-state index contributed by atoms with van der Waals surface area (Å²) in [7, 11) is 0.462. The van der Waals surface area contributed by atoms with Crippen LogP contribution in [-0.4, -0.2) is 90.6 Å². The van der Waals surface area contributed by atoms with Gasteiger partial charge in [0.25, 0.3) is 0 Å². The van der Waals surface area contributed by atoms with Gasteiger partial charge in [0, 0.05) is 58.1 Å². The van der Waals surface area contributed by atoms with E-state index >= 15 is 0 Å². The molecule has 0 aliphatic carbocycles. The van der Waals surface area contributed by atoms with Crippen molar-refractivity contribution in [3.8, 4) is 11.4 Å². The molecule has 2 aliphatic rings. The van der Waals surface area contributed by atoms with Crippen LogP contribution in [0.5, 0.6) is 0 Å². The van der Waals surface area contributed by atoms with Crippen LogP contribution in [0.2, 0.25) is 25.7 Å². The molecule has 11 heteroatoms. The SMILES string of the molecule is Cc1nc(N2CCN(C)CC2)ccc1-c1nc2c(C)c(B3OC(C)(C)C(C)(C)O3)cnc2n1COCC[Si](C)(C)C. The van der Waals surface area contributed by atoms with Crippen LogP contribution in [-0.2, 0) is 20.8 Å². The first kappa shape index (κ1) is 30.2. The molecule has 0 atom stereocenters. The van der Waals surface area contributed by atoms with Gasteiger partial charge in [0.1, 0.15) is 23.9 Å². The molecule has 0 spiro atoms. The Hall–Kier alpha value is -2.31. The van der Waals surface area contributed by atoms with Crippen molar-refractivity contribution >= 4 is 37.6 Å². The van der Waals surface area contributed by atoms with E-state index in [1.807, 2.05) is 6.20 Å². The van der Waals surface area contributed by atoms with E-state index in [1.165, 1.54) is 0 Å². The zero-order valence-electron chi connectivity index (χ0n) is 26.7. The fourth-order valence-electron chi connectivity index (χ4n) is 5.26. The Bertz CT molecular complexity index is 1400. The third-order valence-corrected chi connectivity index (χ3v) is 10.6. The molecule has 2 aliphatic heterocycles. The Morgan fingerprint density at radius 1 is 0.976 bits per heavy atom. The summed E-state index contributed by atoms with van der Waals surface area (Å²) in [6, 6.07) is 5.38. The number of likely N-dealkylation sites (N-methyl/N-ethyl adjacent to an activating group) is 1. The topological polar surface area (TPSA) is 77.8 Å². The minimum Gasteiger partial charge on any atom is -0.399 e. The number of imidazole rings is 1. The van der Waals surface area contributed by atoms with Crippen molar-refractivity contribution in [2.24, 2.45) is 0 Å². The molecular weight excluding hydrogens is 531 g/mol. The largest absolute Gasteiger partial charge is 0.496 e. The first-order valence-corrected chi connectivity index (χ1v) is 18.6. The van der Waals surface area contributed by atoms with Crippen molar-refractivity contribution in [2.45, 2.75) is 85.2 Å². The lowest BCUT2D eigenvalue weighted by atomic mass is 9.77. The molecule has 0 amide bonds. The second-order valence-corrected chi connectivity index (χ2v) is 19.5. The number of rotatable bonds is 8. The fraction of sp³-hybridized carbons (Fsp3) is 0.633. The number of piperazine rings is 1. The molecule has 41 heavy (non-hydrogen) atoms. The Labute approximate surface area is 246 Å². The first-order chi connectivity index (χ1) is 19.2. The Balaban J connectivity index is 1.52. The Morgan fingerprint density at radius 3 is 2.24 bits per heavy atom. The Morgan fingerprint density at radius 2 is 1.63 bits per heavy atom. The first-order valence-electron chi connectivity index (χ1n) is 14.9. The quantitative estimate of drug-likeness (QED) is 0.286. The summed E-state index contributed by atoms with van der Waals surface area (Å²) in [5.41, 5.74) is 4.64. The average molecular weight is 579 g/mol. The zero-order valence-corrected chi connectivity index (χ0v) is 27.7. The van der Waals surface area contributed by atoms with Gasteiger partial charge in [-0.25, -0.2) is 15.0 Å². The van der Waals surface area contributed by atoms with Gasteiger partial charge in [-0.1, -0.05) is 19.6 Å². The van der Waals surface area contributed by atoms with E-state index in [-0.39, 0.29) is 0 Å². The summed E-state index contributed by atoms with van der Waals surface area (Å²) in [5.74, 6) is 1.84. The van der Waals surface area contributed by atoms with Crippen LogP contribution in [0.3, 0.4) is 0 Å². The summed E-state index contributed by atoms with van der Waals surface area (Å²) >= 11 is 0. The number of ether oxygens (including phenoxy) is 1. The molecule has 5 heterocycles. The van der Waals surface area contributed by atoms with Crippen molar-refractivity contribution < 1.29 is 14.0 Å². The van der Waals surface area contributed by atoms with Gasteiger partial charge in [0.15, 0.2) is 5.65 Å². The lowest BCUT2D eigenvalue weighted by Crippen LogP contribution is -2.44. The second-order valence-electron chi connectivity index (χ2n) is 13.9. The van der Waals surface area contributed by atoms with Crippen LogP contribution in [0.1, 0.15) is 39.0 Å². The third kappa shape index (κ3) is 6.10. The average Bonchev–Trinajstić information content (AvgIpc) is 3.35. The van der Waals surface area contributed by atoms with Gasteiger partial charge in [-0.15, -0.1) is 0 Å². The van der Waals surface area contributed by atoms with E-state index in [9.17, 15) is 0 Å². The second kappa shape index (κ2) is 11.1. The smallest absolute Gasteiger partial charge is 0.399 e. The highest BCUT2D eigenvalue weighted by Crippen LogP contribution is 2.37. The summed E-state index contributed by atoms with van der Waals surface area (Å²) in [6.45, 7) is 24.7. The Kier molecular flexibility index (Phi) is 8.15. The third-order valence-electron chi connectivity index (χ3n) is 8.92. The molecule has 0 aromatic carbocycles. The number of hydrogen-bond donors (Lipinski definition) is 0. The number of aromatic nitrogens is 4. The van der Waals surface area contributed by atoms with Crippen LogP contribution >= 0.6 is 0 Å². The van der Waals surface area contributed by atoms with Crippen LogP contribution in [0.25, 0.3) is 22.6 Å². The highest BCUT2D eigenvalue weighted by Gasteiger charge is 2.52. The van der Waals surface area contributed by atoms with Crippen LogP contribution in [0, 0.1) is 13.8 Å². The molecular formula is C30H47BN6O3Si. The van der Waals surface area contributed by atoms with Gasteiger partial charge in [0.2, 0.25) is 0 Å². The number of hydrogen-bond acceptors (Lipinski definition) is 8. The molecule has 0 radical (unpaired) electrons. The van der Waals surface area contributed by atoms with E-state index in [0.29, 0.717) is 6.73 Å². The van der Waals surface area contributed by atoms with Crippen LogP contribution in [0.15, 0.2) is 18.3 Å². The van der Waals surface area contributed by atoms with Crippen molar-refractivity contribution in [2.75, 3.05) is 44.7 Å². The van der Waals surface area contributed by atoms with Gasteiger partial charge in [0.05, 0.1) is 16.9 Å². The molecule has 2 saturated heterocycles. The number of fused-ring (bicyclic) bond motifs is 1. The summed E-state index contributed by atoms with van der Waals surface area (Å²) in [4.78, 5) is 19.9. The standard InChI is InChI=1S/C30H47BN6O3Si/c1-21-24(31-39-29(3,4)30(5,6)40-31)19-32-28-26(21)34-27(37(28)20-38-17-18-41(8,9)10)23-11-12-25(33-22(23)2)36-15-13-35(7)14-16-36/h11-12,19H,13-18,20H2,1-10H3. The van der Waals surface area contributed by atoms with Crippen molar-refractivity contribution in [3.05, 3.63) is 29.6 Å². The zero-order chi connectivity index (χ0) is 29.7. The highest BCUT2D eigenvalue weighted by molar-refractivity contribution is 6.76. The molecule has 222 valence electrons. The van der Waals surface area contributed by atoms with E-state index < -0.39 is 26.4 Å². The van der Waals surface area contributed by atoms with Crippen LogP contribution < -0.4 is 10.4 Å². The molecule has 3 aromatic rings. The van der Waals surface area contributed by atoms with Gasteiger partial charge < -0.3 is 23.8 Å². The molecule has 0 saturated carbocycles. The van der Waals surface area contributed by atoms with E-state index in [0.717, 1.165) is 83.9 Å². The summed E-state index contributed by atoms with van der Waals surface area (Å²) in [5, 5.41) is 0. The number of pyridine rings is 2. The number of aryl methyl sites for hydroxylation is 2. The minimum atomic E-state index is -1.21. The van der Waals surface area contributed by atoms with Crippen LogP contribution in [0.4, 0.5) is 5.82 Å². The summed E-state index contributed by atoms with van der Waals surface area (Å²) in [6.07, 6.45) is 1.88. The van der Waals surface area contributed by atoms with Gasteiger partial charge in [-0.05, 0) is 72.3 Å². The van der Waals surface area contributed by atoms with Gasteiger partial charge >= 0.3 is 7.12 Å². The van der Waals surface area contributed by atoms with Crippen molar-refractivity contribution in [1.82, 2.24) is 24.4 Å². The maximum Gasteiger partial charge on any atom is 0.496 e. The van der Waals surface area contributed by atoms with E-state index in [2.05, 4.69) is 94.7 Å². The van der Waals surface area contributed by atoms with Crippen molar-refractivity contribution in [1.29, 1.82) is 0 Å². The summed E-state index contributed by atoms with van der Waals surface area (Å²) < 4.78 is 21.1. The van der Waals surface area contributed by atoms with Gasteiger partial charge in [-0.2, -0.15) is 0 Å². The predicted octanol–water partition coefficient (Wildman–Crippen LogP) is 4.47. The van der Waals surface area contributed by atoms with E-state index in [1.54, 1.807) is 0 Å². The molecule has 0 N–H and O–H groups in total. The highest BCUT2D eigenvalue weighted by atomic mass is 28.3. The lowest BCUT2D eigenvalue weighted by molar-refractivity contribution is 0.00578. The van der Waals surface area contributed by atoms with E-state index in [4.69, 9.17) is 29.0 Å². The maximum atomic E-state index is 6.37. The lowest BCUT2D eigenvalue weighted by Gasteiger charge is -2.33.